The Morgan fingerprint density at radius 1 is 1.19 bits per heavy atom. The molecule has 0 unspecified atom stereocenters. The number of nitrogens with two attached hydrogens (primary N) is 1. The second kappa shape index (κ2) is 3.71. The van der Waals surface area contributed by atoms with Crippen molar-refractivity contribution in [2.75, 3.05) is 5.73 Å². The SMILES string of the molecule is Nc1cc(-c2c(F)c(F)cc(Cl)c2F)no1. The minimum atomic E-state index is -1.39. The predicted octanol–water partition coefficient (Wildman–Crippen LogP) is 2.99. The highest BCUT2D eigenvalue weighted by Crippen LogP contribution is 2.32. The largest absolute Gasteiger partial charge is 0.368 e. The first kappa shape index (κ1) is 10.8. The zero-order chi connectivity index (χ0) is 11.9. The summed E-state index contributed by atoms with van der Waals surface area (Å²) in [6.45, 7) is 0. The van der Waals surface area contributed by atoms with Gasteiger partial charge < -0.3 is 10.3 Å². The molecule has 1 heterocycles. The fourth-order valence-corrected chi connectivity index (χ4v) is 1.40. The van der Waals surface area contributed by atoms with E-state index in [2.05, 4.69) is 9.68 Å². The Morgan fingerprint density at radius 3 is 2.44 bits per heavy atom. The van der Waals surface area contributed by atoms with Crippen LogP contribution in [0.5, 0.6) is 0 Å². The monoisotopic (exact) mass is 248 g/mol. The number of anilines is 1. The molecule has 0 aliphatic carbocycles. The second-order valence-corrected chi connectivity index (χ2v) is 3.36. The lowest BCUT2D eigenvalue weighted by Crippen LogP contribution is -1.95. The van der Waals surface area contributed by atoms with Crippen molar-refractivity contribution in [3.63, 3.8) is 0 Å². The molecule has 0 bridgehead atoms. The van der Waals surface area contributed by atoms with Crippen LogP contribution in [-0.4, -0.2) is 5.16 Å². The predicted molar refractivity (Wildman–Crippen MR) is 51.2 cm³/mol. The van der Waals surface area contributed by atoms with Gasteiger partial charge in [0.25, 0.3) is 0 Å². The van der Waals surface area contributed by atoms with E-state index < -0.39 is 28.0 Å². The number of benzene rings is 1. The number of aromatic nitrogens is 1. The summed E-state index contributed by atoms with van der Waals surface area (Å²) in [5.41, 5.74) is 4.23. The molecule has 0 atom stereocenters. The molecule has 0 saturated heterocycles. The Hall–Kier alpha value is -1.69. The van der Waals surface area contributed by atoms with Gasteiger partial charge in [-0.15, -0.1) is 0 Å². The third kappa shape index (κ3) is 1.61. The molecule has 0 fully saturated rings. The van der Waals surface area contributed by atoms with Crippen molar-refractivity contribution in [3.05, 3.63) is 34.6 Å². The summed E-state index contributed by atoms with van der Waals surface area (Å²) in [5, 5.41) is 2.74. The lowest BCUT2D eigenvalue weighted by molar-refractivity contribution is 0.436. The molecule has 0 aliphatic heterocycles. The van der Waals surface area contributed by atoms with Crippen molar-refractivity contribution < 1.29 is 17.7 Å². The number of hydrogen-bond donors (Lipinski definition) is 1. The molecule has 0 aliphatic rings. The number of nitrogen functional groups attached to an aromatic ring is 1. The van der Waals surface area contributed by atoms with Gasteiger partial charge in [0.15, 0.2) is 17.5 Å². The van der Waals surface area contributed by atoms with E-state index in [9.17, 15) is 13.2 Å². The van der Waals surface area contributed by atoms with Crippen LogP contribution in [0, 0.1) is 17.5 Å². The Morgan fingerprint density at radius 2 is 1.88 bits per heavy atom. The molecular weight excluding hydrogens is 245 g/mol. The maximum absolute atomic E-state index is 13.5. The minimum Gasteiger partial charge on any atom is -0.368 e. The number of nitrogens with zero attached hydrogens (tertiary/aromatic N) is 1. The van der Waals surface area contributed by atoms with E-state index in [0.29, 0.717) is 6.07 Å². The summed E-state index contributed by atoms with van der Waals surface area (Å²) in [5.74, 6) is -3.93. The fourth-order valence-electron chi connectivity index (χ4n) is 1.21. The molecule has 0 radical (unpaired) electrons. The van der Waals surface area contributed by atoms with Crippen molar-refractivity contribution in [1.29, 1.82) is 0 Å². The molecule has 16 heavy (non-hydrogen) atoms. The molecule has 84 valence electrons. The van der Waals surface area contributed by atoms with Gasteiger partial charge in [-0.2, -0.15) is 0 Å². The number of halogens is 4. The first-order valence-electron chi connectivity index (χ1n) is 4.06. The molecule has 2 N–H and O–H groups in total. The molecular formula is C9H4ClF3N2O. The summed E-state index contributed by atoms with van der Waals surface area (Å²) in [6.07, 6.45) is 0. The molecule has 0 saturated carbocycles. The minimum absolute atomic E-state index is 0.144. The van der Waals surface area contributed by atoms with Crippen molar-refractivity contribution in [3.8, 4) is 11.3 Å². The molecule has 0 spiro atoms. The Bertz CT molecular complexity index is 530. The third-order valence-electron chi connectivity index (χ3n) is 1.90. The zero-order valence-electron chi connectivity index (χ0n) is 7.60. The van der Waals surface area contributed by atoms with Gasteiger partial charge >= 0.3 is 0 Å². The summed E-state index contributed by atoms with van der Waals surface area (Å²) in [4.78, 5) is 0. The van der Waals surface area contributed by atoms with Crippen LogP contribution in [0.25, 0.3) is 11.3 Å². The molecule has 7 heteroatoms. The molecule has 2 aromatic rings. The van der Waals surface area contributed by atoms with Gasteiger partial charge in [-0.1, -0.05) is 16.8 Å². The lowest BCUT2D eigenvalue weighted by Gasteiger charge is -2.03. The molecule has 1 aromatic carbocycles. The average Bonchev–Trinajstić information content (AvgIpc) is 2.62. The Kier molecular flexibility index (Phi) is 2.51. The van der Waals surface area contributed by atoms with Crippen LogP contribution in [0.4, 0.5) is 19.1 Å². The molecule has 2 rings (SSSR count). The molecule has 1 aromatic heterocycles. The van der Waals surface area contributed by atoms with Crippen LogP contribution < -0.4 is 5.73 Å². The van der Waals surface area contributed by atoms with E-state index in [4.69, 9.17) is 17.3 Å². The molecule has 0 amide bonds. The lowest BCUT2D eigenvalue weighted by atomic mass is 10.1. The Balaban J connectivity index is 2.73. The van der Waals surface area contributed by atoms with Crippen LogP contribution in [0.1, 0.15) is 0 Å². The molecule has 3 nitrogen and oxygen atoms in total. The number of rotatable bonds is 1. The third-order valence-corrected chi connectivity index (χ3v) is 2.17. The normalized spacial score (nSPS) is 10.8. The summed E-state index contributed by atoms with van der Waals surface area (Å²) >= 11 is 5.38. The quantitative estimate of drug-likeness (QED) is 0.790. The average molecular weight is 249 g/mol. The fraction of sp³-hybridized carbons (Fsp3) is 0. The topological polar surface area (TPSA) is 52.0 Å². The van der Waals surface area contributed by atoms with E-state index >= 15 is 0 Å². The van der Waals surface area contributed by atoms with Gasteiger partial charge in [-0.05, 0) is 6.07 Å². The highest BCUT2D eigenvalue weighted by molar-refractivity contribution is 6.31. The summed E-state index contributed by atoms with van der Waals surface area (Å²) in [6, 6.07) is 1.61. The van der Waals surface area contributed by atoms with Gasteiger partial charge in [0, 0.05) is 6.07 Å². The summed E-state index contributed by atoms with van der Waals surface area (Å²) in [7, 11) is 0. The van der Waals surface area contributed by atoms with Gasteiger partial charge in [-0.25, -0.2) is 13.2 Å². The van der Waals surface area contributed by atoms with Crippen LogP contribution in [0.2, 0.25) is 5.02 Å². The van der Waals surface area contributed by atoms with Crippen LogP contribution in [0.15, 0.2) is 16.7 Å². The summed E-state index contributed by atoms with van der Waals surface area (Å²) < 4.78 is 44.3. The van der Waals surface area contributed by atoms with Crippen molar-refractivity contribution in [2.24, 2.45) is 0 Å². The Labute approximate surface area is 92.6 Å². The van der Waals surface area contributed by atoms with E-state index in [1.807, 2.05) is 0 Å². The van der Waals surface area contributed by atoms with Crippen molar-refractivity contribution in [2.45, 2.75) is 0 Å². The number of hydrogen-bond acceptors (Lipinski definition) is 3. The van der Waals surface area contributed by atoms with Gasteiger partial charge in [0.1, 0.15) is 5.69 Å². The first-order valence-corrected chi connectivity index (χ1v) is 4.44. The maximum atomic E-state index is 13.5. The van der Waals surface area contributed by atoms with Crippen molar-refractivity contribution in [1.82, 2.24) is 5.16 Å². The smallest absolute Gasteiger partial charge is 0.222 e. The van der Waals surface area contributed by atoms with Gasteiger partial charge in [-0.3, -0.25) is 0 Å². The van der Waals surface area contributed by atoms with Crippen LogP contribution in [-0.2, 0) is 0 Å². The highest BCUT2D eigenvalue weighted by atomic mass is 35.5. The van der Waals surface area contributed by atoms with Crippen molar-refractivity contribution >= 4 is 17.5 Å². The van der Waals surface area contributed by atoms with Gasteiger partial charge in [0.2, 0.25) is 5.88 Å². The van der Waals surface area contributed by atoms with Crippen LogP contribution >= 0.6 is 11.6 Å². The van der Waals surface area contributed by atoms with E-state index in [1.54, 1.807) is 0 Å². The highest BCUT2D eigenvalue weighted by Gasteiger charge is 2.21. The van der Waals surface area contributed by atoms with E-state index in [0.717, 1.165) is 6.07 Å². The maximum Gasteiger partial charge on any atom is 0.222 e. The van der Waals surface area contributed by atoms with Gasteiger partial charge in [0.05, 0.1) is 10.6 Å². The van der Waals surface area contributed by atoms with E-state index in [-0.39, 0.29) is 11.6 Å². The first-order chi connectivity index (χ1) is 7.50. The second-order valence-electron chi connectivity index (χ2n) is 2.96. The zero-order valence-corrected chi connectivity index (χ0v) is 8.36. The standard InChI is InChI=1S/C9H4ClF3N2O/c10-3-1-4(11)9(13)7(8(3)12)5-2-6(14)16-15-5/h1-2H,14H2. The van der Waals surface area contributed by atoms with E-state index in [1.165, 1.54) is 0 Å². The van der Waals surface area contributed by atoms with Crippen LogP contribution in [0.3, 0.4) is 0 Å².